The fraction of sp³-hybridized carbons (Fsp3) is 0.267. The van der Waals surface area contributed by atoms with Crippen molar-refractivity contribution >= 4 is 34.6 Å². The van der Waals surface area contributed by atoms with Crippen molar-refractivity contribution in [3.8, 4) is 10.4 Å². The molecule has 0 fully saturated rings. The number of hydrogen-bond donors (Lipinski definition) is 1. The number of esters is 1. The number of benzene rings is 1. The summed E-state index contributed by atoms with van der Waals surface area (Å²) in [6.07, 6.45) is 0. The summed E-state index contributed by atoms with van der Waals surface area (Å²) in [5.74, 6) is -0.799. The number of anilines is 1. The molecule has 2 aromatic rings. The van der Waals surface area contributed by atoms with Crippen LogP contribution in [-0.4, -0.2) is 13.1 Å². The normalized spacial score (nSPS) is 11.0. The Hall–Kier alpha value is -1.59. The van der Waals surface area contributed by atoms with E-state index in [0.717, 1.165) is 10.4 Å². The van der Waals surface area contributed by atoms with E-state index in [0.29, 0.717) is 16.1 Å². The predicted molar refractivity (Wildman–Crippen MR) is 84.6 cm³/mol. The summed E-state index contributed by atoms with van der Waals surface area (Å²) in [7, 11) is 1.31. The Morgan fingerprint density at radius 1 is 1.43 bits per heavy atom. The minimum Gasteiger partial charge on any atom is -0.465 e. The number of rotatable bonds is 3. The Labute approximate surface area is 131 Å². The van der Waals surface area contributed by atoms with E-state index < -0.39 is 11.8 Å². The van der Waals surface area contributed by atoms with Crippen LogP contribution in [0.4, 0.5) is 10.1 Å². The van der Waals surface area contributed by atoms with Crippen molar-refractivity contribution in [2.24, 2.45) is 0 Å². The Kier molecular flexibility index (Phi) is 4.54. The zero-order chi connectivity index (χ0) is 15.7. The largest absolute Gasteiger partial charge is 0.465 e. The van der Waals surface area contributed by atoms with Gasteiger partial charge < -0.3 is 10.5 Å². The summed E-state index contributed by atoms with van der Waals surface area (Å²) in [6.45, 7) is 3.95. The molecule has 0 aliphatic carbocycles. The highest BCUT2D eigenvalue weighted by molar-refractivity contribution is 7.18. The van der Waals surface area contributed by atoms with Gasteiger partial charge in [-0.15, -0.1) is 11.3 Å². The molecule has 3 nitrogen and oxygen atoms in total. The Morgan fingerprint density at radius 2 is 2.10 bits per heavy atom. The summed E-state index contributed by atoms with van der Waals surface area (Å²) in [4.78, 5) is 12.9. The van der Waals surface area contributed by atoms with Crippen LogP contribution in [-0.2, 0) is 4.74 Å². The molecule has 0 saturated carbocycles. The molecule has 112 valence electrons. The number of hydrogen-bond acceptors (Lipinski definition) is 4. The number of carbonyl (C=O) groups excluding carboxylic acids is 1. The lowest BCUT2D eigenvalue weighted by Gasteiger charge is -2.10. The lowest BCUT2D eigenvalue weighted by molar-refractivity contribution is 0.0607. The first-order valence-electron chi connectivity index (χ1n) is 6.32. The number of methoxy groups -OCH3 is 1. The molecule has 0 atom stereocenters. The van der Waals surface area contributed by atoms with Crippen LogP contribution in [0.25, 0.3) is 10.4 Å². The van der Waals surface area contributed by atoms with Gasteiger partial charge in [0.15, 0.2) is 0 Å². The highest BCUT2D eigenvalue weighted by Crippen LogP contribution is 2.45. The van der Waals surface area contributed by atoms with Gasteiger partial charge >= 0.3 is 5.97 Å². The average Bonchev–Trinajstić information content (AvgIpc) is 2.75. The van der Waals surface area contributed by atoms with Crippen molar-refractivity contribution < 1.29 is 13.9 Å². The molecule has 0 saturated heterocycles. The van der Waals surface area contributed by atoms with Gasteiger partial charge in [-0.3, -0.25) is 0 Å². The van der Waals surface area contributed by atoms with E-state index in [1.807, 2.05) is 13.8 Å². The zero-order valence-corrected chi connectivity index (χ0v) is 13.4. The molecule has 2 rings (SSSR count). The van der Waals surface area contributed by atoms with E-state index in [2.05, 4.69) is 0 Å². The number of halogens is 2. The monoisotopic (exact) mass is 327 g/mol. The van der Waals surface area contributed by atoms with E-state index in [-0.39, 0.29) is 10.9 Å². The van der Waals surface area contributed by atoms with Crippen LogP contribution in [0.3, 0.4) is 0 Å². The second-order valence-electron chi connectivity index (χ2n) is 4.86. The lowest BCUT2D eigenvalue weighted by Crippen LogP contribution is -2.03. The van der Waals surface area contributed by atoms with Crippen LogP contribution in [0, 0.1) is 5.82 Å². The van der Waals surface area contributed by atoms with Crippen LogP contribution in [0.2, 0.25) is 5.02 Å². The van der Waals surface area contributed by atoms with Gasteiger partial charge in [-0.2, -0.15) is 0 Å². The fourth-order valence-electron chi connectivity index (χ4n) is 2.15. The molecule has 2 N–H and O–H groups in total. The third kappa shape index (κ3) is 2.89. The highest BCUT2D eigenvalue weighted by atomic mass is 35.5. The first kappa shape index (κ1) is 15.8. The minimum atomic E-state index is -0.483. The van der Waals surface area contributed by atoms with Crippen LogP contribution in [0.5, 0.6) is 0 Å². The van der Waals surface area contributed by atoms with Crippen molar-refractivity contribution in [2.45, 2.75) is 19.8 Å². The molecule has 0 radical (unpaired) electrons. The van der Waals surface area contributed by atoms with Crippen molar-refractivity contribution in [1.82, 2.24) is 0 Å². The molecule has 1 heterocycles. The van der Waals surface area contributed by atoms with E-state index in [1.54, 1.807) is 6.07 Å². The molecule has 1 aromatic heterocycles. The molecule has 0 bridgehead atoms. The number of ether oxygens (including phenoxy) is 1. The molecule has 21 heavy (non-hydrogen) atoms. The third-order valence-electron chi connectivity index (χ3n) is 3.11. The summed E-state index contributed by atoms with van der Waals surface area (Å²) in [5.41, 5.74) is 7.98. The van der Waals surface area contributed by atoms with Crippen LogP contribution < -0.4 is 5.73 Å². The number of nitrogens with two attached hydrogens (primary N) is 1. The molecule has 0 aliphatic rings. The number of carbonyl (C=O) groups is 1. The lowest BCUT2D eigenvalue weighted by atomic mass is 9.98. The van der Waals surface area contributed by atoms with Gasteiger partial charge in [0, 0.05) is 10.4 Å². The van der Waals surface area contributed by atoms with Crippen LogP contribution in [0.15, 0.2) is 18.2 Å². The second kappa shape index (κ2) is 6.03. The maximum atomic E-state index is 13.2. The highest BCUT2D eigenvalue weighted by Gasteiger charge is 2.25. The molecule has 0 unspecified atom stereocenters. The van der Waals surface area contributed by atoms with Gasteiger partial charge in [0.25, 0.3) is 0 Å². The number of nitrogen functional groups attached to an aromatic ring is 1. The van der Waals surface area contributed by atoms with E-state index in [4.69, 9.17) is 22.1 Å². The van der Waals surface area contributed by atoms with Gasteiger partial charge in [-0.25, -0.2) is 9.18 Å². The van der Waals surface area contributed by atoms with Gasteiger partial charge in [-0.1, -0.05) is 25.4 Å². The molecule has 6 heteroatoms. The topological polar surface area (TPSA) is 52.3 Å². The maximum Gasteiger partial charge on any atom is 0.350 e. The van der Waals surface area contributed by atoms with E-state index >= 15 is 0 Å². The van der Waals surface area contributed by atoms with Gasteiger partial charge in [0.1, 0.15) is 10.7 Å². The average molecular weight is 328 g/mol. The van der Waals surface area contributed by atoms with Crippen LogP contribution in [0.1, 0.15) is 35.0 Å². The molecule has 1 aromatic carbocycles. The summed E-state index contributed by atoms with van der Waals surface area (Å²) in [6, 6.07) is 4.17. The predicted octanol–water partition coefficient (Wildman–Crippen LogP) is 4.70. The quantitative estimate of drug-likeness (QED) is 0.831. The van der Waals surface area contributed by atoms with E-state index in [1.165, 1.54) is 30.6 Å². The zero-order valence-electron chi connectivity index (χ0n) is 11.9. The van der Waals surface area contributed by atoms with Gasteiger partial charge in [0.05, 0.1) is 17.8 Å². The van der Waals surface area contributed by atoms with Crippen molar-refractivity contribution in [2.75, 3.05) is 12.8 Å². The van der Waals surface area contributed by atoms with Crippen molar-refractivity contribution in [3.05, 3.63) is 39.5 Å². The number of thiophene rings is 1. The second-order valence-corrected chi connectivity index (χ2v) is 6.29. The summed E-state index contributed by atoms with van der Waals surface area (Å²) < 4.78 is 18.0. The van der Waals surface area contributed by atoms with Crippen molar-refractivity contribution in [1.29, 1.82) is 0 Å². The first-order valence-corrected chi connectivity index (χ1v) is 7.52. The molecule has 0 aliphatic heterocycles. The molecular formula is C15H15ClFNO2S. The van der Waals surface area contributed by atoms with Crippen molar-refractivity contribution in [3.63, 3.8) is 0 Å². The molecular weight excluding hydrogens is 313 g/mol. The Morgan fingerprint density at radius 3 is 2.62 bits per heavy atom. The summed E-state index contributed by atoms with van der Waals surface area (Å²) in [5, 5.41) is 0.287. The molecule has 0 spiro atoms. The smallest absolute Gasteiger partial charge is 0.350 e. The summed E-state index contributed by atoms with van der Waals surface area (Å²) >= 11 is 7.34. The SMILES string of the molecule is COC(=O)c1sc(-c2ccc(F)cc2Cl)c(C(C)C)c1N. The van der Waals surface area contributed by atoms with E-state index in [9.17, 15) is 9.18 Å². The van der Waals surface area contributed by atoms with Gasteiger partial charge in [0.2, 0.25) is 0 Å². The Bertz CT molecular complexity index is 697. The van der Waals surface area contributed by atoms with Gasteiger partial charge in [-0.05, 0) is 29.7 Å². The first-order chi connectivity index (χ1) is 9.86. The molecule has 0 amide bonds. The minimum absolute atomic E-state index is 0.0933. The fourth-order valence-corrected chi connectivity index (χ4v) is 3.80. The van der Waals surface area contributed by atoms with Crippen LogP contribution >= 0.6 is 22.9 Å². The third-order valence-corrected chi connectivity index (χ3v) is 4.65. The maximum absolute atomic E-state index is 13.2. The standard InChI is InChI=1S/C15H15ClFNO2S/c1-7(2)11-12(18)14(15(19)20-3)21-13(11)9-5-4-8(17)6-10(9)16/h4-7H,18H2,1-3H3. The Balaban J connectivity index is 2.70.